The summed E-state index contributed by atoms with van der Waals surface area (Å²) < 4.78 is 0.717. The minimum absolute atomic E-state index is 0.102. The number of nitrogens with one attached hydrogen (secondary N) is 2. The Kier molecular flexibility index (Phi) is 5.39. The number of anilines is 1. The molecule has 0 aliphatic heterocycles. The fraction of sp³-hybridized carbons (Fsp3) is 0.176. The van der Waals surface area contributed by atoms with E-state index in [0.29, 0.717) is 10.2 Å². The second-order valence-electron chi connectivity index (χ2n) is 5.43. The van der Waals surface area contributed by atoms with Crippen molar-refractivity contribution in [3.05, 3.63) is 54.8 Å². The molecule has 1 heterocycles. The maximum atomic E-state index is 12.0. The minimum Gasteiger partial charge on any atom is -0.494 e. The van der Waals surface area contributed by atoms with Gasteiger partial charge >= 0.3 is 6.03 Å². The Hall–Kier alpha value is -2.92. The fourth-order valence-electron chi connectivity index (χ4n) is 2.16. The van der Waals surface area contributed by atoms with Crippen molar-refractivity contribution in [1.29, 1.82) is 5.26 Å². The SMILES string of the molecule is Cc1cc(Br)c(NC(=O)/N=C/c2c(O)[nH]c(=O)c(C#N)c2C)cc1C. The summed E-state index contributed by atoms with van der Waals surface area (Å²) in [5.74, 6) is -0.453. The van der Waals surface area contributed by atoms with E-state index in [4.69, 9.17) is 5.26 Å². The summed E-state index contributed by atoms with van der Waals surface area (Å²) in [6.45, 7) is 5.37. The summed E-state index contributed by atoms with van der Waals surface area (Å²) in [5.41, 5.74) is 2.15. The van der Waals surface area contributed by atoms with Gasteiger partial charge in [-0.1, -0.05) is 0 Å². The molecule has 0 saturated carbocycles. The van der Waals surface area contributed by atoms with Crippen molar-refractivity contribution in [3.63, 3.8) is 0 Å². The number of amides is 2. The van der Waals surface area contributed by atoms with Crippen LogP contribution in [0.25, 0.3) is 0 Å². The average Bonchev–Trinajstić information content (AvgIpc) is 2.52. The van der Waals surface area contributed by atoms with Crippen molar-refractivity contribution in [1.82, 2.24) is 4.98 Å². The van der Waals surface area contributed by atoms with Gasteiger partial charge in [-0.2, -0.15) is 5.26 Å². The number of halogens is 1. The number of aromatic hydroxyl groups is 1. The molecule has 0 bridgehead atoms. The zero-order chi connectivity index (χ0) is 18.7. The van der Waals surface area contributed by atoms with Crippen LogP contribution in [0.2, 0.25) is 0 Å². The highest BCUT2D eigenvalue weighted by Crippen LogP contribution is 2.26. The third-order valence-corrected chi connectivity index (χ3v) is 4.40. The van der Waals surface area contributed by atoms with Gasteiger partial charge in [-0.05, 0) is 65.5 Å². The lowest BCUT2D eigenvalue weighted by Gasteiger charge is -2.08. The maximum absolute atomic E-state index is 12.0. The van der Waals surface area contributed by atoms with E-state index in [9.17, 15) is 14.7 Å². The smallest absolute Gasteiger partial charge is 0.345 e. The van der Waals surface area contributed by atoms with Crippen LogP contribution in [0.5, 0.6) is 5.88 Å². The van der Waals surface area contributed by atoms with Crippen LogP contribution >= 0.6 is 15.9 Å². The van der Waals surface area contributed by atoms with Crippen molar-refractivity contribution in [3.8, 4) is 11.9 Å². The Bertz CT molecular complexity index is 987. The van der Waals surface area contributed by atoms with Crippen LogP contribution in [0.4, 0.5) is 10.5 Å². The summed E-state index contributed by atoms with van der Waals surface area (Å²) >= 11 is 3.37. The molecule has 3 N–H and O–H groups in total. The number of nitriles is 1. The third kappa shape index (κ3) is 3.95. The van der Waals surface area contributed by atoms with E-state index in [1.807, 2.05) is 26.0 Å². The molecule has 0 aliphatic rings. The number of nitrogens with zero attached hydrogens (tertiary/aromatic N) is 2. The van der Waals surface area contributed by atoms with E-state index in [1.54, 1.807) is 6.07 Å². The Morgan fingerprint density at radius 3 is 2.64 bits per heavy atom. The first-order chi connectivity index (χ1) is 11.7. The number of H-pyrrole nitrogens is 1. The van der Waals surface area contributed by atoms with E-state index in [-0.39, 0.29) is 16.7 Å². The van der Waals surface area contributed by atoms with Crippen molar-refractivity contribution >= 4 is 33.9 Å². The van der Waals surface area contributed by atoms with Crippen LogP contribution in [-0.2, 0) is 0 Å². The molecule has 0 unspecified atom stereocenters. The van der Waals surface area contributed by atoms with Gasteiger partial charge in [0.15, 0.2) is 0 Å². The first-order valence-electron chi connectivity index (χ1n) is 7.22. The van der Waals surface area contributed by atoms with Crippen molar-refractivity contribution in [2.45, 2.75) is 20.8 Å². The molecule has 25 heavy (non-hydrogen) atoms. The van der Waals surface area contributed by atoms with E-state index >= 15 is 0 Å². The van der Waals surface area contributed by atoms with Gasteiger partial charge in [0.2, 0.25) is 5.88 Å². The molecule has 7 nitrogen and oxygen atoms in total. The van der Waals surface area contributed by atoms with Crippen LogP contribution in [0.1, 0.15) is 27.8 Å². The number of benzene rings is 1. The summed E-state index contributed by atoms with van der Waals surface area (Å²) in [4.78, 5) is 29.4. The number of carbonyl (C=O) groups excluding carboxylic acids is 1. The molecule has 0 radical (unpaired) electrons. The molecule has 2 rings (SSSR count). The Labute approximate surface area is 152 Å². The van der Waals surface area contributed by atoms with Crippen molar-refractivity contribution in [2.24, 2.45) is 4.99 Å². The van der Waals surface area contributed by atoms with E-state index in [2.05, 4.69) is 31.2 Å². The zero-order valence-electron chi connectivity index (χ0n) is 13.8. The molecule has 0 atom stereocenters. The molecule has 0 spiro atoms. The van der Waals surface area contributed by atoms with Gasteiger partial charge in [-0.25, -0.2) is 9.79 Å². The highest BCUT2D eigenvalue weighted by atomic mass is 79.9. The summed E-state index contributed by atoms with van der Waals surface area (Å²) in [6.07, 6.45) is 1.10. The number of aromatic nitrogens is 1. The van der Waals surface area contributed by atoms with Crippen LogP contribution in [0.3, 0.4) is 0 Å². The zero-order valence-corrected chi connectivity index (χ0v) is 15.4. The van der Waals surface area contributed by atoms with Gasteiger partial charge in [0.05, 0.1) is 11.3 Å². The molecule has 1 aromatic heterocycles. The number of carbonyl (C=O) groups is 1. The topological polar surface area (TPSA) is 118 Å². The molecule has 0 fully saturated rings. The number of urea groups is 1. The Balaban J connectivity index is 2.29. The third-order valence-electron chi connectivity index (χ3n) is 3.74. The molecule has 8 heteroatoms. The lowest BCUT2D eigenvalue weighted by Crippen LogP contribution is -2.14. The summed E-state index contributed by atoms with van der Waals surface area (Å²) in [6, 6.07) is 4.78. The largest absolute Gasteiger partial charge is 0.494 e. The number of hydrogen-bond acceptors (Lipinski definition) is 4. The van der Waals surface area contributed by atoms with E-state index in [0.717, 1.165) is 17.3 Å². The van der Waals surface area contributed by atoms with Gasteiger partial charge in [0, 0.05) is 10.7 Å². The van der Waals surface area contributed by atoms with Gasteiger partial charge in [-0.3, -0.25) is 9.78 Å². The molecule has 1 aromatic carbocycles. The normalized spacial score (nSPS) is 10.7. The van der Waals surface area contributed by atoms with Crippen LogP contribution < -0.4 is 10.9 Å². The van der Waals surface area contributed by atoms with E-state index < -0.39 is 17.5 Å². The lowest BCUT2D eigenvalue weighted by molar-refractivity contribution is 0.259. The number of rotatable bonds is 2. The standard InChI is InChI=1S/C17H15BrN4O3/c1-8-4-13(18)14(5-9(8)2)21-17(25)20-7-12-10(3)11(6-19)15(23)22-16(12)24/h4-5,7H,1-3H3,(H,21,25)(H2,22,23,24)/b20-7+. The summed E-state index contributed by atoms with van der Waals surface area (Å²) in [5, 5.41) is 21.4. The molecule has 0 aliphatic carbocycles. The monoisotopic (exact) mass is 402 g/mol. The summed E-state index contributed by atoms with van der Waals surface area (Å²) in [7, 11) is 0. The van der Waals surface area contributed by atoms with Gasteiger partial charge in [0.1, 0.15) is 11.6 Å². The highest BCUT2D eigenvalue weighted by Gasteiger charge is 2.13. The number of aryl methyl sites for hydroxylation is 2. The first-order valence-corrected chi connectivity index (χ1v) is 8.01. The van der Waals surface area contributed by atoms with Crippen LogP contribution in [-0.4, -0.2) is 22.3 Å². The van der Waals surface area contributed by atoms with Crippen LogP contribution in [0, 0.1) is 32.1 Å². The second kappa shape index (κ2) is 7.32. The molecular formula is C17H15BrN4O3. The quantitative estimate of drug-likeness (QED) is 0.667. The number of aliphatic imine (C=N–C) groups is 1. The first kappa shape index (κ1) is 18.4. The van der Waals surface area contributed by atoms with E-state index in [1.165, 1.54) is 6.92 Å². The van der Waals surface area contributed by atoms with Crippen molar-refractivity contribution in [2.75, 3.05) is 5.32 Å². The molecule has 0 saturated heterocycles. The van der Waals surface area contributed by atoms with Crippen molar-refractivity contribution < 1.29 is 9.90 Å². The Morgan fingerprint density at radius 2 is 2.00 bits per heavy atom. The second-order valence-corrected chi connectivity index (χ2v) is 6.29. The number of hydrogen-bond donors (Lipinski definition) is 3. The molecular weight excluding hydrogens is 388 g/mol. The van der Waals surface area contributed by atoms with Gasteiger partial charge in [0.25, 0.3) is 5.56 Å². The van der Waals surface area contributed by atoms with Crippen LogP contribution in [0.15, 0.2) is 26.4 Å². The fourth-order valence-corrected chi connectivity index (χ4v) is 2.72. The highest BCUT2D eigenvalue weighted by molar-refractivity contribution is 9.10. The minimum atomic E-state index is -0.696. The Morgan fingerprint density at radius 1 is 1.36 bits per heavy atom. The maximum Gasteiger partial charge on any atom is 0.345 e. The molecule has 2 aromatic rings. The van der Waals surface area contributed by atoms with Gasteiger partial charge < -0.3 is 10.4 Å². The predicted molar refractivity (Wildman–Crippen MR) is 98.4 cm³/mol. The van der Waals surface area contributed by atoms with Gasteiger partial charge in [-0.15, -0.1) is 0 Å². The number of pyridine rings is 1. The number of aromatic amines is 1. The average molecular weight is 403 g/mol. The molecule has 2 amide bonds. The predicted octanol–water partition coefficient (Wildman–Crippen LogP) is 3.29. The lowest BCUT2D eigenvalue weighted by atomic mass is 10.1. The molecule has 128 valence electrons.